The average Bonchev–Trinajstić information content (AvgIpc) is 1.97. The fourth-order valence-corrected chi connectivity index (χ4v) is 1.73. The van der Waals surface area contributed by atoms with E-state index >= 15 is 0 Å². The zero-order valence-electron chi connectivity index (χ0n) is 7.16. The molecule has 0 radical (unpaired) electrons. The fourth-order valence-electron chi connectivity index (χ4n) is 1.73. The molecule has 0 aliphatic heterocycles. The van der Waals surface area contributed by atoms with Gasteiger partial charge in [0.1, 0.15) is 0 Å². The van der Waals surface area contributed by atoms with Crippen molar-refractivity contribution in [1.29, 1.82) is 0 Å². The summed E-state index contributed by atoms with van der Waals surface area (Å²) in [4.78, 5) is 10.7. The van der Waals surface area contributed by atoms with E-state index in [-0.39, 0.29) is 12.3 Å². The Morgan fingerprint density at radius 2 is 2.17 bits per heavy atom. The van der Waals surface area contributed by atoms with E-state index in [0.717, 1.165) is 6.42 Å². The van der Waals surface area contributed by atoms with Crippen LogP contribution in [0.15, 0.2) is 0 Å². The number of carboxylic acid groups (broad SMARTS) is 1. The lowest BCUT2D eigenvalue weighted by Gasteiger charge is -2.36. The van der Waals surface area contributed by atoms with Crippen molar-refractivity contribution in [3.05, 3.63) is 0 Å². The average molecular weight is 173 g/mol. The van der Waals surface area contributed by atoms with E-state index < -0.39 is 17.6 Å². The van der Waals surface area contributed by atoms with Gasteiger partial charge in [0.2, 0.25) is 0 Å². The maximum Gasteiger partial charge on any atom is 0.337 e. The first-order valence-electron chi connectivity index (χ1n) is 4.18. The van der Waals surface area contributed by atoms with E-state index in [0.29, 0.717) is 6.42 Å². The predicted molar refractivity (Wildman–Crippen MR) is 43.6 cm³/mol. The van der Waals surface area contributed by atoms with Gasteiger partial charge >= 0.3 is 5.97 Å². The predicted octanol–water partition coefficient (Wildman–Crippen LogP) is -0.0506. The molecule has 1 fully saturated rings. The first-order chi connectivity index (χ1) is 5.47. The lowest BCUT2D eigenvalue weighted by molar-refractivity contribution is -0.165. The zero-order chi connectivity index (χ0) is 9.35. The lowest BCUT2D eigenvalue weighted by Crippen LogP contribution is -2.57. The molecule has 3 unspecified atom stereocenters. The van der Waals surface area contributed by atoms with Crippen molar-refractivity contribution in [2.24, 2.45) is 11.7 Å². The maximum atomic E-state index is 10.7. The number of nitrogens with two attached hydrogens (primary N) is 1. The van der Waals surface area contributed by atoms with Crippen LogP contribution in [0.5, 0.6) is 0 Å². The van der Waals surface area contributed by atoms with Crippen molar-refractivity contribution in [2.75, 3.05) is 0 Å². The third-order valence-electron chi connectivity index (χ3n) is 2.61. The molecule has 12 heavy (non-hydrogen) atoms. The summed E-state index contributed by atoms with van der Waals surface area (Å²) in [7, 11) is 0. The molecule has 4 nitrogen and oxygen atoms in total. The van der Waals surface area contributed by atoms with Crippen molar-refractivity contribution in [2.45, 2.75) is 37.8 Å². The number of carboxylic acids is 1. The van der Waals surface area contributed by atoms with Gasteiger partial charge in [0, 0.05) is 6.04 Å². The summed E-state index contributed by atoms with van der Waals surface area (Å²) in [5, 5.41) is 18.4. The smallest absolute Gasteiger partial charge is 0.337 e. The summed E-state index contributed by atoms with van der Waals surface area (Å²) in [6.45, 7) is 1.93. The molecule has 0 spiro atoms. The van der Waals surface area contributed by atoms with Crippen LogP contribution in [0.25, 0.3) is 0 Å². The molecule has 0 bridgehead atoms. The number of rotatable bonds is 1. The normalized spacial score (nSPS) is 42.6. The quantitative estimate of drug-likeness (QED) is 0.519. The van der Waals surface area contributed by atoms with Crippen LogP contribution in [0.3, 0.4) is 0 Å². The van der Waals surface area contributed by atoms with Gasteiger partial charge in [-0.05, 0) is 25.2 Å². The van der Waals surface area contributed by atoms with Gasteiger partial charge in [0.15, 0.2) is 5.60 Å². The molecule has 1 rings (SSSR count). The van der Waals surface area contributed by atoms with Crippen molar-refractivity contribution in [3.8, 4) is 0 Å². The first kappa shape index (κ1) is 9.48. The van der Waals surface area contributed by atoms with Gasteiger partial charge in [0.25, 0.3) is 0 Å². The lowest BCUT2D eigenvalue weighted by atomic mass is 9.76. The Hall–Kier alpha value is -0.610. The molecule has 0 heterocycles. The van der Waals surface area contributed by atoms with E-state index in [1.807, 2.05) is 6.92 Å². The number of hydrogen-bond acceptors (Lipinski definition) is 3. The van der Waals surface area contributed by atoms with Crippen LogP contribution < -0.4 is 5.73 Å². The Labute approximate surface area is 71.4 Å². The SMILES string of the molecule is CC1CCC(N)C(O)(C(=O)O)C1. The van der Waals surface area contributed by atoms with Crippen LogP contribution in [-0.4, -0.2) is 27.8 Å². The monoisotopic (exact) mass is 173 g/mol. The Balaban J connectivity index is 2.77. The molecule has 1 aliphatic carbocycles. The minimum Gasteiger partial charge on any atom is -0.479 e. The summed E-state index contributed by atoms with van der Waals surface area (Å²) in [5.41, 5.74) is 3.85. The van der Waals surface area contributed by atoms with Gasteiger partial charge in [-0.3, -0.25) is 0 Å². The van der Waals surface area contributed by atoms with Crippen LogP contribution in [0.4, 0.5) is 0 Å². The third kappa shape index (κ3) is 1.44. The van der Waals surface area contributed by atoms with E-state index in [9.17, 15) is 9.90 Å². The second kappa shape index (κ2) is 3.03. The third-order valence-corrected chi connectivity index (χ3v) is 2.61. The highest BCUT2D eigenvalue weighted by Gasteiger charge is 2.45. The molecule has 70 valence electrons. The molecule has 0 aromatic carbocycles. The standard InChI is InChI=1S/C8H15NO3/c1-5-2-3-6(9)8(12,4-5)7(10)11/h5-6,12H,2-4,9H2,1H3,(H,10,11). The number of aliphatic hydroxyl groups is 1. The highest BCUT2D eigenvalue weighted by molar-refractivity contribution is 5.78. The molecular formula is C8H15NO3. The van der Waals surface area contributed by atoms with E-state index in [4.69, 9.17) is 10.8 Å². The zero-order valence-corrected chi connectivity index (χ0v) is 7.16. The van der Waals surface area contributed by atoms with E-state index in [2.05, 4.69) is 0 Å². The van der Waals surface area contributed by atoms with Crippen LogP contribution in [-0.2, 0) is 4.79 Å². The molecule has 4 heteroatoms. The molecule has 3 atom stereocenters. The van der Waals surface area contributed by atoms with Gasteiger partial charge in [-0.1, -0.05) is 6.92 Å². The van der Waals surface area contributed by atoms with Gasteiger partial charge in [0.05, 0.1) is 0 Å². The second-order valence-electron chi connectivity index (χ2n) is 3.72. The van der Waals surface area contributed by atoms with Gasteiger partial charge in [-0.2, -0.15) is 0 Å². The highest BCUT2D eigenvalue weighted by atomic mass is 16.4. The summed E-state index contributed by atoms with van der Waals surface area (Å²) in [6, 6.07) is -0.619. The van der Waals surface area contributed by atoms with Gasteiger partial charge in [-0.25, -0.2) is 4.79 Å². The van der Waals surface area contributed by atoms with Gasteiger partial charge in [-0.15, -0.1) is 0 Å². The Kier molecular flexibility index (Phi) is 2.39. The van der Waals surface area contributed by atoms with E-state index in [1.165, 1.54) is 0 Å². The summed E-state index contributed by atoms with van der Waals surface area (Å²) in [5.74, 6) is -0.951. The van der Waals surface area contributed by atoms with Crippen LogP contribution in [0.2, 0.25) is 0 Å². The minimum absolute atomic E-state index is 0.242. The van der Waals surface area contributed by atoms with Crippen molar-refractivity contribution in [3.63, 3.8) is 0 Å². The number of hydrogen-bond donors (Lipinski definition) is 3. The summed E-state index contributed by atoms with van der Waals surface area (Å²) >= 11 is 0. The second-order valence-corrected chi connectivity index (χ2v) is 3.72. The Bertz CT molecular complexity index is 195. The Morgan fingerprint density at radius 3 is 2.58 bits per heavy atom. The molecule has 0 aromatic heterocycles. The fraction of sp³-hybridized carbons (Fsp3) is 0.875. The molecule has 0 aromatic rings. The van der Waals surface area contributed by atoms with E-state index in [1.54, 1.807) is 0 Å². The molecule has 4 N–H and O–H groups in total. The summed E-state index contributed by atoms with van der Waals surface area (Å²) < 4.78 is 0. The minimum atomic E-state index is -1.70. The topological polar surface area (TPSA) is 83.5 Å². The van der Waals surface area contributed by atoms with Crippen molar-refractivity contribution in [1.82, 2.24) is 0 Å². The van der Waals surface area contributed by atoms with Crippen LogP contribution in [0, 0.1) is 5.92 Å². The van der Waals surface area contributed by atoms with Crippen LogP contribution in [0.1, 0.15) is 26.2 Å². The number of carbonyl (C=O) groups is 1. The first-order valence-corrected chi connectivity index (χ1v) is 4.18. The van der Waals surface area contributed by atoms with Crippen molar-refractivity contribution >= 4 is 5.97 Å². The van der Waals surface area contributed by atoms with Crippen molar-refractivity contribution < 1.29 is 15.0 Å². The Morgan fingerprint density at radius 1 is 1.58 bits per heavy atom. The molecule has 0 amide bonds. The molecule has 0 saturated heterocycles. The van der Waals surface area contributed by atoms with Gasteiger partial charge < -0.3 is 15.9 Å². The van der Waals surface area contributed by atoms with Crippen LogP contribution >= 0.6 is 0 Å². The number of aliphatic carboxylic acids is 1. The maximum absolute atomic E-state index is 10.7. The molecule has 1 saturated carbocycles. The molecule has 1 aliphatic rings. The summed E-state index contributed by atoms with van der Waals surface area (Å²) in [6.07, 6.45) is 1.75. The highest BCUT2D eigenvalue weighted by Crippen LogP contribution is 2.31. The largest absolute Gasteiger partial charge is 0.479 e. The molecular weight excluding hydrogens is 158 g/mol.